The number of nitrogens with one attached hydrogen (secondary N) is 1. The van der Waals surface area contributed by atoms with E-state index in [-0.39, 0.29) is 11.8 Å². The van der Waals surface area contributed by atoms with Gasteiger partial charge in [0.15, 0.2) is 0 Å². The van der Waals surface area contributed by atoms with E-state index in [1.807, 2.05) is 30.3 Å². The van der Waals surface area contributed by atoms with Gasteiger partial charge in [0, 0.05) is 19.5 Å². The summed E-state index contributed by atoms with van der Waals surface area (Å²) >= 11 is 0. The number of carbonyl (C=O) groups is 2. The zero-order valence-electron chi connectivity index (χ0n) is 11.5. The van der Waals surface area contributed by atoms with Gasteiger partial charge in [0.1, 0.15) is 5.54 Å². The molecule has 4 nitrogen and oxygen atoms in total. The first kappa shape index (κ1) is 13.6. The molecule has 0 spiro atoms. The molecule has 0 saturated carbocycles. The Morgan fingerprint density at radius 1 is 1.32 bits per heavy atom. The molecule has 1 aromatic carbocycles. The largest absolute Gasteiger partial charge is 0.352 e. The minimum atomic E-state index is -0.744. The number of piperazine rings is 1. The van der Waals surface area contributed by atoms with Gasteiger partial charge in [0.25, 0.3) is 0 Å². The predicted molar refractivity (Wildman–Crippen MR) is 73.6 cm³/mol. The second-order valence-electron chi connectivity index (χ2n) is 5.35. The first-order valence-electron chi connectivity index (χ1n) is 6.64. The highest BCUT2D eigenvalue weighted by molar-refractivity contribution is 5.91. The van der Waals surface area contributed by atoms with Crippen molar-refractivity contribution in [1.82, 2.24) is 10.2 Å². The number of carbonyl (C=O) groups excluding carboxylic acids is 2. The molecule has 1 aromatic rings. The lowest BCUT2D eigenvalue weighted by Crippen LogP contribution is -2.63. The van der Waals surface area contributed by atoms with E-state index in [4.69, 9.17) is 0 Å². The summed E-state index contributed by atoms with van der Waals surface area (Å²) in [4.78, 5) is 25.8. The quantitative estimate of drug-likeness (QED) is 0.892. The number of amides is 2. The third kappa shape index (κ3) is 2.95. The Morgan fingerprint density at radius 2 is 2.00 bits per heavy atom. The monoisotopic (exact) mass is 260 g/mol. The third-order valence-corrected chi connectivity index (χ3v) is 3.62. The van der Waals surface area contributed by atoms with E-state index in [1.54, 1.807) is 18.7 Å². The summed E-state index contributed by atoms with van der Waals surface area (Å²) in [5.41, 5.74) is 0.404. The van der Waals surface area contributed by atoms with Crippen molar-refractivity contribution in [3.63, 3.8) is 0 Å². The Kier molecular flexibility index (Phi) is 3.88. The summed E-state index contributed by atoms with van der Waals surface area (Å²) in [7, 11) is 0. The molecule has 102 valence electrons. The third-order valence-electron chi connectivity index (χ3n) is 3.62. The van der Waals surface area contributed by atoms with E-state index >= 15 is 0 Å². The Morgan fingerprint density at radius 3 is 2.68 bits per heavy atom. The minimum Gasteiger partial charge on any atom is -0.352 e. The Balaban J connectivity index is 1.98. The Bertz CT molecular complexity index is 468. The van der Waals surface area contributed by atoms with E-state index in [1.165, 1.54) is 0 Å². The lowest BCUT2D eigenvalue weighted by Gasteiger charge is -2.41. The van der Waals surface area contributed by atoms with Crippen LogP contribution >= 0.6 is 0 Å². The summed E-state index contributed by atoms with van der Waals surface area (Å²) < 4.78 is 0. The van der Waals surface area contributed by atoms with Crippen molar-refractivity contribution >= 4 is 11.8 Å². The van der Waals surface area contributed by atoms with Crippen LogP contribution in [0.5, 0.6) is 0 Å². The molecule has 2 amide bonds. The SMILES string of the molecule is CC1(C)C(=O)NCCN1C(=O)CCc1ccccc1. The molecule has 1 fully saturated rings. The van der Waals surface area contributed by atoms with Gasteiger partial charge in [-0.1, -0.05) is 30.3 Å². The van der Waals surface area contributed by atoms with Crippen LogP contribution in [0, 0.1) is 0 Å². The van der Waals surface area contributed by atoms with Gasteiger partial charge in [0.2, 0.25) is 11.8 Å². The average molecular weight is 260 g/mol. The van der Waals surface area contributed by atoms with Gasteiger partial charge in [-0.05, 0) is 25.8 Å². The molecule has 1 aliphatic heterocycles. The summed E-state index contributed by atoms with van der Waals surface area (Å²) in [6.45, 7) is 4.72. The topological polar surface area (TPSA) is 49.4 Å². The fourth-order valence-electron chi connectivity index (χ4n) is 2.37. The van der Waals surface area contributed by atoms with Crippen molar-refractivity contribution in [3.05, 3.63) is 35.9 Å². The Hall–Kier alpha value is -1.84. The lowest BCUT2D eigenvalue weighted by atomic mass is 9.97. The summed E-state index contributed by atoms with van der Waals surface area (Å²) in [6, 6.07) is 9.93. The van der Waals surface area contributed by atoms with Crippen molar-refractivity contribution in [2.45, 2.75) is 32.2 Å². The van der Waals surface area contributed by atoms with Crippen LogP contribution in [0.4, 0.5) is 0 Å². The van der Waals surface area contributed by atoms with Crippen LogP contribution in [0.15, 0.2) is 30.3 Å². The van der Waals surface area contributed by atoms with Gasteiger partial charge in [-0.15, -0.1) is 0 Å². The molecule has 0 radical (unpaired) electrons. The molecule has 0 bridgehead atoms. The molecule has 2 rings (SSSR count). The van der Waals surface area contributed by atoms with Crippen molar-refractivity contribution in [2.24, 2.45) is 0 Å². The molecule has 1 aliphatic rings. The van der Waals surface area contributed by atoms with Crippen molar-refractivity contribution in [3.8, 4) is 0 Å². The van der Waals surface area contributed by atoms with Crippen molar-refractivity contribution < 1.29 is 9.59 Å². The van der Waals surface area contributed by atoms with Crippen molar-refractivity contribution in [1.29, 1.82) is 0 Å². The van der Waals surface area contributed by atoms with Crippen LogP contribution in [0.25, 0.3) is 0 Å². The van der Waals surface area contributed by atoms with Gasteiger partial charge in [-0.25, -0.2) is 0 Å². The molecule has 4 heteroatoms. The second-order valence-corrected chi connectivity index (χ2v) is 5.35. The van der Waals surface area contributed by atoms with Gasteiger partial charge < -0.3 is 10.2 Å². The van der Waals surface area contributed by atoms with Crippen LogP contribution in [0.2, 0.25) is 0 Å². The fourth-order valence-corrected chi connectivity index (χ4v) is 2.37. The normalized spacial score (nSPS) is 18.0. The maximum Gasteiger partial charge on any atom is 0.245 e. The predicted octanol–water partition coefficient (Wildman–Crippen LogP) is 1.36. The number of benzene rings is 1. The number of nitrogens with zero attached hydrogens (tertiary/aromatic N) is 1. The van der Waals surface area contributed by atoms with Crippen LogP contribution in [-0.4, -0.2) is 35.3 Å². The lowest BCUT2D eigenvalue weighted by molar-refractivity contribution is -0.149. The maximum absolute atomic E-state index is 12.3. The van der Waals surface area contributed by atoms with E-state index in [0.29, 0.717) is 25.9 Å². The van der Waals surface area contributed by atoms with Crippen LogP contribution in [-0.2, 0) is 16.0 Å². The minimum absolute atomic E-state index is 0.0451. The van der Waals surface area contributed by atoms with Crippen LogP contribution in [0.3, 0.4) is 0 Å². The molecular formula is C15H20N2O2. The number of hydrogen-bond acceptors (Lipinski definition) is 2. The first-order chi connectivity index (χ1) is 9.01. The Labute approximate surface area is 113 Å². The number of hydrogen-bond donors (Lipinski definition) is 1. The maximum atomic E-state index is 12.3. The highest BCUT2D eigenvalue weighted by Crippen LogP contribution is 2.19. The number of aryl methyl sites for hydroxylation is 1. The van der Waals surface area contributed by atoms with E-state index in [2.05, 4.69) is 5.32 Å². The zero-order chi connectivity index (χ0) is 13.9. The van der Waals surface area contributed by atoms with Gasteiger partial charge in [-0.2, -0.15) is 0 Å². The standard InChI is InChI=1S/C15H20N2O2/c1-15(2)14(19)16-10-11-17(15)13(18)9-8-12-6-4-3-5-7-12/h3-7H,8-11H2,1-2H3,(H,16,19). The van der Waals surface area contributed by atoms with E-state index in [0.717, 1.165) is 5.56 Å². The molecule has 1 heterocycles. The molecule has 0 atom stereocenters. The summed E-state index contributed by atoms with van der Waals surface area (Å²) in [5, 5.41) is 2.80. The molecule has 0 aromatic heterocycles. The van der Waals surface area contributed by atoms with E-state index < -0.39 is 5.54 Å². The summed E-state index contributed by atoms with van der Waals surface area (Å²) in [6.07, 6.45) is 1.16. The molecule has 1 N–H and O–H groups in total. The molecule has 0 unspecified atom stereocenters. The van der Waals surface area contributed by atoms with Gasteiger partial charge in [-0.3, -0.25) is 9.59 Å². The molecule has 1 saturated heterocycles. The highest BCUT2D eigenvalue weighted by atomic mass is 16.2. The van der Waals surface area contributed by atoms with Crippen molar-refractivity contribution in [2.75, 3.05) is 13.1 Å². The second kappa shape index (κ2) is 5.43. The molecule has 0 aliphatic carbocycles. The van der Waals surface area contributed by atoms with Gasteiger partial charge >= 0.3 is 0 Å². The first-order valence-corrected chi connectivity index (χ1v) is 6.64. The van der Waals surface area contributed by atoms with Crippen LogP contribution < -0.4 is 5.32 Å². The zero-order valence-corrected chi connectivity index (χ0v) is 11.5. The fraction of sp³-hybridized carbons (Fsp3) is 0.467. The molecular weight excluding hydrogens is 240 g/mol. The van der Waals surface area contributed by atoms with Gasteiger partial charge in [0.05, 0.1) is 0 Å². The smallest absolute Gasteiger partial charge is 0.245 e. The van der Waals surface area contributed by atoms with Crippen LogP contribution in [0.1, 0.15) is 25.8 Å². The summed E-state index contributed by atoms with van der Waals surface area (Å²) in [5.74, 6) is -0.0319. The molecule has 19 heavy (non-hydrogen) atoms. The number of rotatable bonds is 3. The average Bonchev–Trinajstić information content (AvgIpc) is 2.40. The highest BCUT2D eigenvalue weighted by Gasteiger charge is 2.39. The van der Waals surface area contributed by atoms with E-state index in [9.17, 15) is 9.59 Å².